The summed E-state index contributed by atoms with van der Waals surface area (Å²) >= 11 is 3.36. The molecule has 0 aliphatic heterocycles. The number of carboxylic acids is 1. The van der Waals surface area contributed by atoms with Crippen molar-refractivity contribution in [2.45, 2.75) is 12.1 Å². The molecule has 1 aromatic heterocycles. The molecule has 0 radical (unpaired) electrons. The molecule has 1 heterocycles. The highest BCUT2D eigenvalue weighted by Crippen LogP contribution is 2.26. The largest absolute Gasteiger partial charge is 0.481 e. The monoisotopic (exact) mass is 375 g/mol. The molecule has 0 fully saturated rings. The fourth-order valence-corrected chi connectivity index (χ4v) is 2.52. The first-order valence-electron chi connectivity index (χ1n) is 5.10. The van der Waals surface area contributed by atoms with Crippen LogP contribution in [0.1, 0.15) is 5.56 Å². The van der Waals surface area contributed by atoms with Crippen LogP contribution in [0.2, 0.25) is 0 Å². The molecule has 0 unspecified atom stereocenters. The van der Waals surface area contributed by atoms with E-state index in [-0.39, 0.29) is 5.75 Å². The first-order chi connectivity index (χ1) is 8.58. The van der Waals surface area contributed by atoms with Gasteiger partial charge >= 0.3 is 5.97 Å². The van der Waals surface area contributed by atoms with Crippen molar-refractivity contribution in [3.8, 4) is 11.4 Å². The van der Waals surface area contributed by atoms with E-state index in [1.54, 1.807) is 0 Å². The first kappa shape index (κ1) is 13.3. The minimum absolute atomic E-state index is 0.0395. The van der Waals surface area contributed by atoms with Gasteiger partial charge in [0.2, 0.25) is 5.16 Å². The molecule has 0 aliphatic carbocycles. The second kappa shape index (κ2) is 5.70. The number of H-pyrrole nitrogens is 1. The quantitative estimate of drug-likeness (QED) is 0.635. The highest BCUT2D eigenvalue weighted by Gasteiger charge is 2.11. The number of aromatic amines is 1. The summed E-state index contributed by atoms with van der Waals surface area (Å²) in [6, 6.07) is 5.95. The molecule has 0 atom stereocenters. The Balaban J connectivity index is 2.24. The molecule has 0 saturated carbocycles. The summed E-state index contributed by atoms with van der Waals surface area (Å²) in [6.07, 6.45) is 0. The SMILES string of the molecule is Cc1cccc(-c2nc(SCC(=O)O)n[nH]2)c1I. The van der Waals surface area contributed by atoms with E-state index in [2.05, 4.69) is 37.8 Å². The van der Waals surface area contributed by atoms with Gasteiger partial charge in [-0.15, -0.1) is 5.10 Å². The van der Waals surface area contributed by atoms with Crippen LogP contribution in [0.4, 0.5) is 0 Å². The molecule has 1 aromatic carbocycles. The van der Waals surface area contributed by atoms with Crippen LogP contribution >= 0.6 is 34.4 Å². The zero-order valence-corrected chi connectivity index (χ0v) is 12.4. The highest BCUT2D eigenvalue weighted by molar-refractivity contribution is 14.1. The molecular weight excluding hydrogens is 365 g/mol. The van der Waals surface area contributed by atoms with Gasteiger partial charge < -0.3 is 5.11 Å². The predicted molar refractivity (Wildman–Crippen MR) is 77.6 cm³/mol. The molecule has 0 aliphatic rings. The van der Waals surface area contributed by atoms with Crippen LogP contribution in [0, 0.1) is 10.5 Å². The van der Waals surface area contributed by atoms with Crippen molar-refractivity contribution >= 4 is 40.3 Å². The molecule has 0 amide bonds. The number of aromatic nitrogens is 3. The van der Waals surface area contributed by atoms with Crippen LogP contribution in [0.5, 0.6) is 0 Å². The van der Waals surface area contributed by atoms with E-state index in [4.69, 9.17) is 5.11 Å². The van der Waals surface area contributed by atoms with Crippen LogP contribution in [0.15, 0.2) is 23.4 Å². The lowest BCUT2D eigenvalue weighted by Crippen LogP contribution is -1.97. The number of hydrogen-bond donors (Lipinski definition) is 2. The van der Waals surface area contributed by atoms with Crippen LogP contribution in [0.3, 0.4) is 0 Å². The van der Waals surface area contributed by atoms with E-state index in [0.717, 1.165) is 20.9 Å². The molecule has 2 N–H and O–H groups in total. The number of rotatable bonds is 4. The summed E-state index contributed by atoms with van der Waals surface area (Å²) in [7, 11) is 0. The van der Waals surface area contributed by atoms with Crippen molar-refractivity contribution in [2.24, 2.45) is 0 Å². The lowest BCUT2D eigenvalue weighted by atomic mass is 10.1. The molecule has 2 rings (SSSR count). The Morgan fingerprint density at radius 2 is 2.33 bits per heavy atom. The van der Waals surface area contributed by atoms with Gasteiger partial charge in [-0.05, 0) is 35.1 Å². The third-order valence-electron chi connectivity index (χ3n) is 2.24. The van der Waals surface area contributed by atoms with Gasteiger partial charge in [0.25, 0.3) is 0 Å². The average molecular weight is 375 g/mol. The molecule has 7 heteroatoms. The second-order valence-electron chi connectivity index (χ2n) is 3.59. The number of nitrogens with one attached hydrogen (secondary N) is 1. The Morgan fingerprint density at radius 1 is 1.56 bits per heavy atom. The standard InChI is InChI=1S/C11H10IN3O2S/c1-6-3-2-4-7(9(6)12)10-13-11(15-14-10)18-5-8(16)17/h2-4H,5H2,1H3,(H,16,17)(H,13,14,15). The number of nitrogens with zero attached hydrogens (tertiary/aromatic N) is 2. The van der Waals surface area contributed by atoms with Gasteiger partial charge in [0.15, 0.2) is 5.82 Å². The van der Waals surface area contributed by atoms with E-state index >= 15 is 0 Å². The van der Waals surface area contributed by atoms with E-state index in [9.17, 15) is 4.79 Å². The lowest BCUT2D eigenvalue weighted by molar-refractivity contribution is -0.133. The van der Waals surface area contributed by atoms with Crippen molar-refractivity contribution in [2.75, 3.05) is 5.75 Å². The Labute approximate surface area is 122 Å². The summed E-state index contributed by atoms with van der Waals surface area (Å²) in [5.41, 5.74) is 2.15. The Hall–Kier alpha value is -1.09. The highest BCUT2D eigenvalue weighted by atomic mass is 127. The maximum absolute atomic E-state index is 10.5. The topological polar surface area (TPSA) is 78.9 Å². The van der Waals surface area contributed by atoms with Gasteiger partial charge in [-0.1, -0.05) is 30.0 Å². The molecule has 0 spiro atoms. The van der Waals surface area contributed by atoms with Crippen molar-refractivity contribution < 1.29 is 9.90 Å². The number of aryl methyl sites for hydroxylation is 1. The number of aliphatic carboxylic acids is 1. The average Bonchev–Trinajstić information content (AvgIpc) is 2.78. The van der Waals surface area contributed by atoms with Crippen LogP contribution in [-0.2, 0) is 4.79 Å². The predicted octanol–water partition coefficient (Wildman–Crippen LogP) is 2.56. The number of hydrogen-bond acceptors (Lipinski definition) is 4. The maximum Gasteiger partial charge on any atom is 0.313 e. The first-order valence-corrected chi connectivity index (χ1v) is 7.17. The van der Waals surface area contributed by atoms with E-state index in [0.29, 0.717) is 11.0 Å². The number of benzene rings is 1. The molecular formula is C11H10IN3O2S. The van der Waals surface area contributed by atoms with Gasteiger partial charge in [-0.2, -0.15) is 0 Å². The minimum Gasteiger partial charge on any atom is -0.481 e. The zero-order valence-electron chi connectivity index (χ0n) is 9.48. The lowest BCUT2D eigenvalue weighted by Gasteiger charge is -2.02. The number of halogens is 1. The zero-order chi connectivity index (χ0) is 13.1. The normalized spacial score (nSPS) is 10.6. The number of carbonyl (C=O) groups is 1. The van der Waals surface area contributed by atoms with Gasteiger partial charge in [0.1, 0.15) is 0 Å². The smallest absolute Gasteiger partial charge is 0.313 e. The van der Waals surface area contributed by atoms with E-state index in [1.807, 2.05) is 25.1 Å². The van der Waals surface area contributed by atoms with Crippen LogP contribution in [0.25, 0.3) is 11.4 Å². The van der Waals surface area contributed by atoms with Gasteiger partial charge in [0, 0.05) is 9.13 Å². The molecule has 5 nitrogen and oxygen atoms in total. The van der Waals surface area contributed by atoms with E-state index in [1.165, 1.54) is 5.56 Å². The van der Waals surface area contributed by atoms with Gasteiger partial charge in [0.05, 0.1) is 5.75 Å². The Morgan fingerprint density at radius 3 is 3.06 bits per heavy atom. The molecule has 94 valence electrons. The third kappa shape index (κ3) is 3.02. The van der Waals surface area contributed by atoms with Crippen LogP contribution in [-0.4, -0.2) is 32.0 Å². The summed E-state index contributed by atoms with van der Waals surface area (Å²) < 4.78 is 1.11. The summed E-state index contributed by atoms with van der Waals surface area (Å²) in [6.45, 7) is 2.03. The number of carboxylic acid groups (broad SMARTS) is 1. The van der Waals surface area contributed by atoms with Crippen molar-refractivity contribution in [1.82, 2.24) is 15.2 Å². The van der Waals surface area contributed by atoms with Crippen molar-refractivity contribution in [1.29, 1.82) is 0 Å². The fraction of sp³-hybridized carbons (Fsp3) is 0.182. The fourth-order valence-electron chi connectivity index (χ4n) is 1.39. The second-order valence-corrected chi connectivity index (χ2v) is 5.61. The molecule has 18 heavy (non-hydrogen) atoms. The summed E-state index contributed by atoms with van der Waals surface area (Å²) in [4.78, 5) is 14.7. The number of thioether (sulfide) groups is 1. The third-order valence-corrected chi connectivity index (χ3v) is 4.50. The van der Waals surface area contributed by atoms with Crippen LogP contribution < -0.4 is 0 Å². The molecule has 0 bridgehead atoms. The van der Waals surface area contributed by atoms with Gasteiger partial charge in [-0.25, -0.2) is 4.98 Å². The molecule has 0 saturated heterocycles. The van der Waals surface area contributed by atoms with Crippen molar-refractivity contribution in [3.63, 3.8) is 0 Å². The Bertz CT molecular complexity index is 585. The summed E-state index contributed by atoms with van der Waals surface area (Å²) in [5, 5.41) is 15.9. The van der Waals surface area contributed by atoms with Gasteiger partial charge in [-0.3, -0.25) is 9.89 Å². The minimum atomic E-state index is -0.878. The van der Waals surface area contributed by atoms with E-state index < -0.39 is 5.97 Å². The van der Waals surface area contributed by atoms with Crippen molar-refractivity contribution in [3.05, 3.63) is 27.3 Å². The Kier molecular flexibility index (Phi) is 4.23. The maximum atomic E-state index is 10.5. The summed E-state index contributed by atoms with van der Waals surface area (Å²) in [5.74, 6) is -0.255. The molecule has 2 aromatic rings.